The average Bonchev–Trinajstić information content (AvgIpc) is 3.27. The summed E-state index contributed by atoms with van der Waals surface area (Å²) >= 11 is 0. The predicted molar refractivity (Wildman–Crippen MR) is 224 cm³/mol. The first kappa shape index (κ1) is 43.0. The number of methoxy groups -OCH3 is 4. The first-order valence-corrected chi connectivity index (χ1v) is 18.4. The van der Waals surface area contributed by atoms with Crippen LogP contribution in [0.5, 0.6) is 23.0 Å². The number of pyridine rings is 2. The standard InChI is InChI=1S/2C23H21N3O4/c1-15-10-11-19(23(28)26(15)18-8-4-6-16(12-18)13-24)22(27)25-14-17-7-5-9-20(29-2)21(17)30-3;1-15-7-8-21(23(28)26(15)18-6-4-5-16(9-18)13-24)22(27)25-14-17-10-19(29-2)12-20(11-17)30-3/h2*4-12H,14H2,1-3H3,(H,25,27). The number of aromatic nitrogens is 2. The van der Waals surface area contributed by atoms with Gasteiger partial charge < -0.3 is 29.6 Å². The number of carbonyl (C=O) groups excluding carboxylic acids is 2. The molecule has 304 valence electrons. The van der Waals surface area contributed by atoms with Gasteiger partial charge in [0.2, 0.25) is 0 Å². The lowest BCUT2D eigenvalue weighted by Crippen LogP contribution is -2.33. The highest BCUT2D eigenvalue weighted by Crippen LogP contribution is 2.30. The summed E-state index contributed by atoms with van der Waals surface area (Å²) in [7, 11) is 6.16. The smallest absolute Gasteiger partial charge is 0.268 e. The molecule has 60 heavy (non-hydrogen) atoms. The third kappa shape index (κ3) is 9.88. The van der Waals surface area contributed by atoms with Crippen molar-refractivity contribution < 1.29 is 28.5 Å². The summed E-state index contributed by atoms with van der Waals surface area (Å²) in [6.45, 7) is 3.90. The fraction of sp³-hybridized carbons (Fsp3) is 0.174. The van der Waals surface area contributed by atoms with Crippen molar-refractivity contribution in [2.24, 2.45) is 0 Å². The molecule has 6 rings (SSSR count). The number of benzene rings is 4. The van der Waals surface area contributed by atoms with Gasteiger partial charge >= 0.3 is 0 Å². The van der Waals surface area contributed by atoms with Gasteiger partial charge in [0.05, 0.1) is 63.1 Å². The number of para-hydroxylation sites is 1. The van der Waals surface area contributed by atoms with Crippen LogP contribution in [0.1, 0.15) is 54.4 Å². The number of rotatable bonds is 12. The van der Waals surface area contributed by atoms with Gasteiger partial charge in [-0.2, -0.15) is 10.5 Å². The first-order valence-electron chi connectivity index (χ1n) is 18.4. The van der Waals surface area contributed by atoms with Crippen LogP contribution in [-0.4, -0.2) is 49.4 Å². The van der Waals surface area contributed by atoms with E-state index < -0.39 is 22.9 Å². The number of hydrogen-bond acceptors (Lipinski definition) is 10. The molecule has 0 bridgehead atoms. The van der Waals surface area contributed by atoms with Crippen molar-refractivity contribution in [3.8, 4) is 46.5 Å². The van der Waals surface area contributed by atoms with Crippen molar-refractivity contribution in [2.45, 2.75) is 26.9 Å². The molecule has 0 saturated carbocycles. The highest BCUT2D eigenvalue weighted by Gasteiger charge is 2.18. The summed E-state index contributed by atoms with van der Waals surface area (Å²) in [5.41, 5.74) is 3.83. The zero-order chi connectivity index (χ0) is 43.3. The Bertz CT molecular complexity index is 2740. The van der Waals surface area contributed by atoms with Crippen molar-refractivity contribution in [3.63, 3.8) is 0 Å². The molecule has 0 aliphatic rings. The predicted octanol–water partition coefficient (Wildman–Crippen LogP) is 5.93. The molecule has 6 aromatic rings. The van der Waals surface area contributed by atoms with Gasteiger partial charge in [-0.15, -0.1) is 0 Å². The lowest BCUT2D eigenvalue weighted by atomic mass is 10.1. The van der Waals surface area contributed by atoms with E-state index in [1.54, 1.807) is 119 Å². The molecular weight excluding hydrogens is 765 g/mol. The number of ether oxygens (including phenoxy) is 4. The topological polar surface area (TPSA) is 187 Å². The summed E-state index contributed by atoms with van der Waals surface area (Å²) in [4.78, 5) is 51.6. The highest BCUT2D eigenvalue weighted by atomic mass is 16.5. The summed E-state index contributed by atoms with van der Waals surface area (Å²) in [5.74, 6) is 1.29. The normalized spacial score (nSPS) is 10.2. The van der Waals surface area contributed by atoms with E-state index in [-0.39, 0.29) is 24.2 Å². The number of nitrogens with zero attached hydrogens (tertiary/aromatic N) is 4. The van der Waals surface area contributed by atoms with Crippen LogP contribution < -0.4 is 40.7 Å². The Morgan fingerprint density at radius 3 is 1.52 bits per heavy atom. The fourth-order valence-corrected chi connectivity index (χ4v) is 6.29. The van der Waals surface area contributed by atoms with E-state index >= 15 is 0 Å². The molecule has 2 aromatic heterocycles. The Morgan fingerprint density at radius 2 is 1.07 bits per heavy atom. The SMILES string of the molecule is COc1cc(CNC(=O)c2ccc(C)n(-c3cccc(C#N)c3)c2=O)cc(OC)c1.COc1cccc(CNC(=O)c2ccc(C)n(-c3cccc(C#N)c3)c2=O)c1OC. The lowest BCUT2D eigenvalue weighted by molar-refractivity contribution is 0.0940. The van der Waals surface area contributed by atoms with E-state index in [4.69, 9.17) is 29.5 Å². The minimum absolute atomic E-state index is 0.00447. The minimum atomic E-state index is -0.505. The van der Waals surface area contributed by atoms with Crippen molar-refractivity contribution in [1.82, 2.24) is 19.8 Å². The third-order valence-electron chi connectivity index (χ3n) is 9.30. The van der Waals surface area contributed by atoms with E-state index in [0.29, 0.717) is 56.9 Å². The molecule has 4 aromatic carbocycles. The summed E-state index contributed by atoms with van der Waals surface area (Å²) < 4.78 is 24.0. The van der Waals surface area contributed by atoms with Crippen LogP contribution in [0.4, 0.5) is 0 Å². The van der Waals surface area contributed by atoms with E-state index in [1.807, 2.05) is 6.07 Å². The molecule has 2 amide bonds. The van der Waals surface area contributed by atoms with Gasteiger partial charge in [0.1, 0.15) is 22.6 Å². The maximum Gasteiger partial charge on any atom is 0.268 e. The number of carbonyl (C=O) groups is 2. The van der Waals surface area contributed by atoms with E-state index in [1.165, 1.54) is 35.5 Å². The fourth-order valence-electron chi connectivity index (χ4n) is 6.29. The zero-order valence-corrected chi connectivity index (χ0v) is 33.9. The van der Waals surface area contributed by atoms with Gasteiger partial charge in [-0.25, -0.2) is 0 Å². The Kier molecular flexibility index (Phi) is 14.2. The van der Waals surface area contributed by atoms with Crippen LogP contribution in [0.25, 0.3) is 11.4 Å². The molecule has 0 saturated heterocycles. The van der Waals surface area contributed by atoms with Crippen LogP contribution in [0.2, 0.25) is 0 Å². The number of hydrogen-bond donors (Lipinski definition) is 2. The first-order chi connectivity index (χ1) is 29.0. The van der Waals surface area contributed by atoms with Crippen molar-refractivity contribution in [2.75, 3.05) is 28.4 Å². The number of amides is 2. The minimum Gasteiger partial charge on any atom is -0.497 e. The molecule has 0 aliphatic heterocycles. The number of nitriles is 2. The number of aryl methyl sites for hydroxylation is 2. The quantitative estimate of drug-likeness (QED) is 0.150. The second-order valence-corrected chi connectivity index (χ2v) is 13.1. The summed E-state index contributed by atoms with van der Waals surface area (Å²) in [5, 5.41) is 23.8. The average molecular weight is 807 g/mol. The maximum absolute atomic E-state index is 13.0. The van der Waals surface area contributed by atoms with Crippen LogP contribution in [0.3, 0.4) is 0 Å². The molecule has 2 N–H and O–H groups in total. The van der Waals surface area contributed by atoms with Gasteiger partial charge in [0.15, 0.2) is 11.5 Å². The molecular formula is C46H42N6O8. The van der Waals surface area contributed by atoms with Gasteiger partial charge in [-0.3, -0.25) is 28.3 Å². The molecule has 0 unspecified atom stereocenters. The molecule has 0 radical (unpaired) electrons. The highest BCUT2D eigenvalue weighted by molar-refractivity contribution is 5.94. The van der Waals surface area contributed by atoms with Gasteiger partial charge in [0, 0.05) is 36.1 Å². The monoisotopic (exact) mass is 806 g/mol. The van der Waals surface area contributed by atoms with E-state index in [0.717, 1.165) is 11.1 Å². The van der Waals surface area contributed by atoms with Crippen LogP contribution in [0.15, 0.2) is 119 Å². The molecule has 0 fully saturated rings. The molecule has 2 heterocycles. The van der Waals surface area contributed by atoms with Crippen LogP contribution in [0, 0.1) is 36.5 Å². The van der Waals surface area contributed by atoms with Crippen LogP contribution in [-0.2, 0) is 13.1 Å². The maximum atomic E-state index is 13.0. The molecule has 14 heteroatoms. The summed E-state index contributed by atoms with van der Waals surface area (Å²) in [6, 6.07) is 34.5. The zero-order valence-electron chi connectivity index (χ0n) is 33.9. The Balaban J connectivity index is 0.000000228. The lowest BCUT2D eigenvalue weighted by Gasteiger charge is -2.14. The van der Waals surface area contributed by atoms with Crippen molar-refractivity contribution >= 4 is 11.8 Å². The summed E-state index contributed by atoms with van der Waals surface area (Å²) in [6.07, 6.45) is 0. The molecule has 14 nitrogen and oxygen atoms in total. The molecule has 0 atom stereocenters. The number of nitrogens with one attached hydrogen (secondary N) is 2. The van der Waals surface area contributed by atoms with Gasteiger partial charge in [-0.1, -0.05) is 24.3 Å². The third-order valence-corrected chi connectivity index (χ3v) is 9.30. The van der Waals surface area contributed by atoms with Gasteiger partial charge in [-0.05, 0) is 98.3 Å². The Hall–Kier alpha value is -8.10. The van der Waals surface area contributed by atoms with Crippen molar-refractivity contribution in [1.29, 1.82) is 10.5 Å². The second kappa shape index (κ2) is 19.9. The van der Waals surface area contributed by atoms with Gasteiger partial charge in [0.25, 0.3) is 22.9 Å². The Labute approximate surface area is 346 Å². The molecule has 0 aliphatic carbocycles. The largest absolute Gasteiger partial charge is 0.497 e. The van der Waals surface area contributed by atoms with E-state index in [2.05, 4.69) is 22.8 Å². The Morgan fingerprint density at radius 1 is 0.583 bits per heavy atom. The van der Waals surface area contributed by atoms with E-state index in [9.17, 15) is 19.2 Å². The van der Waals surface area contributed by atoms with Crippen molar-refractivity contribution in [3.05, 3.63) is 175 Å². The van der Waals surface area contributed by atoms with Crippen LogP contribution >= 0.6 is 0 Å². The second-order valence-electron chi connectivity index (χ2n) is 13.1. The molecule has 0 spiro atoms.